The van der Waals surface area contributed by atoms with Gasteiger partial charge in [0.25, 0.3) is 0 Å². The van der Waals surface area contributed by atoms with E-state index < -0.39 is 5.97 Å². The van der Waals surface area contributed by atoms with Gasteiger partial charge in [0, 0.05) is 30.1 Å². The molecule has 0 radical (unpaired) electrons. The Hall–Kier alpha value is -2.30. The lowest BCUT2D eigenvalue weighted by atomic mass is 10.2. The SMILES string of the molecule is CCC/C(=C\C(=O)O)Nc1ccc(NC(C)=O)cc1. The van der Waals surface area contributed by atoms with Crippen molar-refractivity contribution < 1.29 is 14.7 Å². The van der Waals surface area contributed by atoms with Crippen molar-refractivity contribution >= 4 is 23.3 Å². The van der Waals surface area contributed by atoms with Crippen molar-refractivity contribution in [2.24, 2.45) is 0 Å². The highest BCUT2D eigenvalue weighted by atomic mass is 16.4. The Kier molecular flexibility index (Phi) is 5.60. The number of aliphatic carboxylic acids is 1. The molecule has 5 nitrogen and oxygen atoms in total. The van der Waals surface area contributed by atoms with E-state index in [0.717, 1.165) is 12.1 Å². The molecule has 0 saturated carbocycles. The van der Waals surface area contributed by atoms with Gasteiger partial charge in [-0.05, 0) is 30.7 Å². The van der Waals surface area contributed by atoms with Gasteiger partial charge < -0.3 is 15.7 Å². The first-order valence-electron chi connectivity index (χ1n) is 6.09. The van der Waals surface area contributed by atoms with E-state index in [1.165, 1.54) is 13.0 Å². The standard InChI is InChI=1S/C14H18N2O3/c1-3-4-13(9-14(18)19)16-12-7-5-11(6-8-12)15-10(2)17/h5-9,16H,3-4H2,1-2H3,(H,15,17)(H,18,19)/b13-9+. The molecule has 1 rings (SSSR count). The number of carbonyl (C=O) groups is 2. The molecule has 0 bridgehead atoms. The maximum absolute atomic E-state index is 10.9. The molecule has 3 N–H and O–H groups in total. The molecule has 0 aliphatic heterocycles. The first kappa shape index (κ1) is 14.8. The number of amides is 1. The Balaban J connectivity index is 2.74. The molecule has 0 spiro atoms. The minimum absolute atomic E-state index is 0.127. The normalized spacial score (nSPS) is 10.9. The van der Waals surface area contributed by atoms with Crippen LogP contribution in [0.2, 0.25) is 0 Å². The van der Waals surface area contributed by atoms with E-state index in [-0.39, 0.29) is 5.91 Å². The first-order chi connectivity index (χ1) is 9.01. The third-order valence-electron chi connectivity index (χ3n) is 2.33. The quantitative estimate of drug-likeness (QED) is 0.689. The fourth-order valence-corrected chi connectivity index (χ4v) is 1.61. The Morgan fingerprint density at radius 2 is 1.68 bits per heavy atom. The molecule has 1 aromatic rings. The number of nitrogens with one attached hydrogen (secondary N) is 2. The number of carbonyl (C=O) groups excluding carboxylic acids is 1. The van der Waals surface area contributed by atoms with Gasteiger partial charge in [0.2, 0.25) is 5.91 Å². The number of rotatable bonds is 6. The van der Waals surface area contributed by atoms with Crippen LogP contribution in [0, 0.1) is 0 Å². The van der Waals surface area contributed by atoms with Crippen molar-refractivity contribution in [3.63, 3.8) is 0 Å². The maximum Gasteiger partial charge on any atom is 0.330 e. The number of hydrogen-bond acceptors (Lipinski definition) is 3. The summed E-state index contributed by atoms with van der Waals surface area (Å²) >= 11 is 0. The van der Waals surface area contributed by atoms with Crippen LogP contribution in [0.4, 0.5) is 11.4 Å². The molecule has 0 fully saturated rings. The van der Waals surface area contributed by atoms with Crippen molar-refractivity contribution in [1.82, 2.24) is 0 Å². The van der Waals surface area contributed by atoms with Gasteiger partial charge in [0.1, 0.15) is 0 Å². The highest BCUT2D eigenvalue weighted by molar-refractivity contribution is 5.88. The van der Waals surface area contributed by atoms with Crippen molar-refractivity contribution in [1.29, 1.82) is 0 Å². The molecule has 0 aliphatic carbocycles. The lowest BCUT2D eigenvalue weighted by Crippen LogP contribution is -2.06. The minimum atomic E-state index is -0.967. The van der Waals surface area contributed by atoms with E-state index in [2.05, 4.69) is 10.6 Å². The van der Waals surface area contributed by atoms with Crippen LogP contribution in [-0.2, 0) is 9.59 Å². The van der Waals surface area contributed by atoms with Gasteiger partial charge in [-0.15, -0.1) is 0 Å². The van der Waals surface area contributed by atoms with Crippen molar-refractivity contribution in [3.05, 3.63) is 36.0 Å². The Bertz CT molecular complexity index is 478. The summed E-state index contributed by atoms with van der Waals surface area (Å²) in [5.41, 5.74) is 2.15. The second-order valence-corrected chi connectivity index (χ2v) is 4.14. The van der Waals surface area contributed by atoms with E-state index in [1.807, 2.05) is 6.92 Å². The van der Waals surface area contributed by atoms with Crippen molar-refractivity contribution in [3.8, 4) is 0 Å². The molecule has 19 heavy (non-hydrogen) atoms. The van der Waals surface area contributed by atoms with Crippen LogP contribution in [0.5, 0.6) is 0 Å². The smallest absolute Gasteiger partial charge is 0.330 e. The summed E-state index contributed by atoms with van der Waals surface area (Å²) in [7, 11) is 0. The number of carboxylic acid groups (broad SMARTS) is 1. The van der Waals surface area contributed by atoms with Gasteiger partial charge in [0.15, 0.2) is 0 Å². The largest absolute Gasteiger partial charge is 0.478 e. The molecule has 0 atom stereocenters. The highest BCUT2D eigenvalue weighted by Gasteiger charge is 2.01. The van der Waals surface area contributed by atoms with Crippen LogP contribution in [0.15, 0.2) is 36.0 Å². The fourth-order valence-electron chi connectivity index (χ4n) is 1.61. The average molecular weight is 262 g/mol. The topological polar surface area (TPSA) is 78.4 Å². The summed E-state index contributed by atoms with van der Waals surface area (Å²) in [4.78, 5) is 21.6. The third-order valence-corrected chi connectivity index (χ3v) is 2.33. The van der Waals surface area contributed by atoms with Crippen LogP contribution < -0.4 is 10.6 Å². The second-order valence-electron chi connectivity index (χ2n) is 4.14. The molecule has 0 unspecified atom stereocenters. The van der Waals surface area contributed by atoms with Gasteiger partial charge in [-0.2, -0.15) is 0 Å². The molecule has 0 aromatic heterocycles. The summed E-state index contributed by atoms with van der Waals surface area (Å²) in [5, 5.41) is 14.5. The second kappa shape index (κ2) is 7.20. The minimum Gasteiger partial charge on any atom is -0.478 e. The number of carboxylic acids is 1. The zero-order chi connectivity index (χ0) is 14.3. The Labute approximate surface area is 112 Å². The molecule has 0 saturated heterocycles. The predicted molar refractivity (Wildman–Crippen MR) is 75.0 cm³/mol. The summed E-state index contributed by atoms with van der Waals surface area (Å²) in [6, 6.07) is 7.09. The summed E-state index contributed by atoms with van der Waals surface area (Å²) < 4.78 is 0. The van der Waals surface area contributed by atoms with Crippen LogP contribution >= 0.6 is 0 Å². The predicted octanol–water partition coefficient (Wildman–Crippen LogP) is 2.83. The van der Waals surface area contributed by atoms with Gasteiger partial charge in [-0.25, -0.2) is 4.79 Å². The average Bonchev–Trinajstić information content (AvgIpc) is 2.30. The zero-order valence-electron chi connectivity index (χ0n) is 11.1. The number of anilines is 2. The molecule has 0 heterocycles. The summed E-state index contributed by atoms with van der Waals surface area (Å²) in [6.45, 7) is 3.43. The molecule has 0 aliphatic rings. The molecular formula is C14H18N2O3. The van der Waals surface area contributed by atoms with Gasteiger partial charge in [-0.1, -0.05) is 13.3 Å². The molecule has 5 heteroatoms. The number of benzene rings is 1. The van der Waals surface area contributed by atoms with E-state index in [0.29, 0.717) is 17.8 Å². The lowest BCUT2D eigenvalue weighted by Gasteiger charge is -2.10. The fraction of sp³-hybridized carbons (Fsp3) is 0.286. The highest BCUT2D eigenvalue weighted by Crippen LogP contribution is 2.17. The number of allylic oxidation sites excluding steroid dienone is 1. The maximum atomic E-state index is 10.9. The van der Waals surface area contributed by atoms with Crippen LogP contribution in [-0.4, -0.2) is 17.0 Å². The van der Waals surface area contributed by atoms with Crippen LogP contribution in [0.3, 0.4) is 0 Å². The van der Waals surface area contributed by atoms with E-state index in [4.69, 9.17) is 5.11 Å². The Morgan fingerprint density at radius 1 is 1.16 bits per heavy atom. The molecule has 1 amide bonds. The van der Waals surface area contributed by atoms with Gasteiger partial charge >= 0.3 is 5.97 Å². The van der Waals surface area contributed by atoms with Crippen LogP contribution in [0.1, 0.15) is 26.7 Å². The number of hydrogen-bond donors (Lipinski definition) is 3. The van der Waals surface area contributed by atoms with Gasteiger partial charge in [-0.3, -0.25) is 4.79 Å². The van der Waals surface area contributed by atoms with Crippen molar-refractivity contribution in [2.45, 2.75) is 26.7 Å². The van der Waals surface area contributed by atoms with Crippen LogP contribution in [0.25, 0.3) is 0 Å². The molecule has 102 valence electrons. The zero-order valence-corrected chi connectivity index (χ0v) is 11.1. The lowest BCUT2D eigenvalue weighted by molar-refractivity contribution is -0.131. The Morgan fingerprint density at radius 3 is 2.11 bits per heavy atom. The molecule has 1 aromatic carbocycles. The molecular weight excluding hydrogens is 244 g/mol. The summed E-state index contributed by atoms with van der Waals surface area (Å²) in [5.74, 6) is -1.09. The summed E-state index contributed by atoms with van der Waals surface area (Å²) in [6.07, 6.45) is 2.70. The van der Waals surface area contributed by atoms with Gasteiger partial charge in [0.05, 0.1) is 0 Å². The van der Waals surface area contributed by atoms with E-state index in [1.54, 1.807) is 24.3 Å². The van der Waals surface area contributed by atoms with E-state index >= 15 is 0 Å². The van der Waals surface area contributed by atoms with Crippen molar-refractivity contribution in [2.75, 3.05) is 10.6 Å². The van der Waals surface area contributed by atoms with E-state index in [9.17, 15) is 9.59 Å². The first-order valence-corrected chi connectivity index (χ1v) is 6.09. The third kappa shape index (κ3) is 5.72. The monoisotopic (exact) mass is 262 g/mol.